The number of hydrogen-bond donors (Lipinski definition) is 2. The molecule has 0 saturated carbocycles. The van der Waals surface area contributed by atoms with Gasteiger partial charge in [-0.25, -0.2) is 9.78 Å². The molecule has 0 saturated heterocycles. The van der Waals surface area contributed by atoms with E-state index < -0.39 is 5.97 Å². The van der Waals surface area contributed by atoms with Gasteiger partial charge < -0.3 is 10.1 Å². The first kappa shape index (κ1) is 13.8. The number of nitrogens with zero attached hydrogens (tertiary/aromatic N) is 1. The quantitative estimate of drug-likeness (QED) is 0.560. The van der Waals surface area contributed by atoms with Crippen LogP contribution in [0.1, 0.15) is 10.5 Å². The summed E-state index contributed by atoms with van der Waals surface area (Å²) in [5.74, 6) is -1.06. The maximum atomic E-state index is 11.5. The Bertz CT molecular complexity index is 1070. The van der Waals surface area contributed by atoms with E-state index in [1.165, 1.54) is 0 Å². The van der Waals surface area contributed by atoms with Crippen LogP contribution in [0.3, 0.4) is 0 Å². The van der Waals surface area contributed by atoms with Crippen molar-refractivity contribution < 1.29 is 9.90 Å². The number of hydrogen-bond acceptors (Lipinski definition) is 2. The molecule has 0 spiro atoms. The summed E-state index contributed by atoms with van der Waals surface area (Å²) in [7, 11) is 0. The number of halogens is 1. The van der Waals surface area contributed by atoms with E-state index in [1.54, 1.807) is 18.2 Å². The highest BCUT2D eigenvalue weighted by molar-refractivity contribution is 6.31. The van der Waals surface area contributed by atoms with E-state index in [4.69, 9.17) is 11.6 Å². The Balaban J connectivity index is 2.15. The number of rotatable bonds is 2. The lowest BCUT2D eigenvalue weighted by Gasteiger charge is -2.05. The third kappa shape index (κ3) is 2.24. The van der Waals surface area contributed by atoms with Crippen LogP contribution >= 0.6 is 11.6 Å². The normalized spacial score (nSPS) is 11.2. The molecule has 4 rings (SSSR count). The number of carboxylic acids is 1. The van der Waals surface area contributed by atoms with Crippen molar-refractivity contribution >= 4 is 39.4 Å². The fourth-order valence-corrected chi connectivity index (χ4v) is 2.99. The van der Waals surface area contributed by atoms with Crippen LogP contribution in [0, 0.1) is 0 Å². The molecule has 4 nitrogen and oxygen atoms in total. The molecule has 2 aromatic carbocycles. The Kier molecular flexibility index (Phi) is 3.06. The third-order valence-corrected chi connectivity index (χ3v) is 4.05. The van der Waals surface area contributed by atoms with Gasteiger partial charge in [-0.15, -0.1) is 0 Å². The lowest BCUT2D eigenvalue weighted by atomic mass is 10.1. The van der Waals surface area contributed by atoms with Crippen molar-refractivity contribution in [3.63, 3.8) is 0 Å². The predicted octanol–water partition coefficient (Wildman–Crippen LogP) is 4.73. The standard InChI is InChI=1S/C18H11ClN2O2/c19-11-5-3-4-10(8-11)16-17-13(9-15(21-16)18(22)23)12-6-1-2-7-14(12)20-17/h1-9,20H,(H,22,23). The number of fused-ring (bicyclic) bond motifs is 3. The zero-order valence-electron chi connectivity index (χ0n) is 11.9. The van der Waals surface area contributed by atoms with E-state index in [0.717, 1.165) is 27.4 Å². The van der Waals surface area contributed by atoms with Gasteiger partial charge in [0.1, 0.15) is 5.69 Å². The summed E-state index contributed by atoms with van der Waals surface area (Å²) in [6.45, 7) is 0. The summed E-state index contributed by atoms with van der Waals surface area (Å²) in [6, 6.07) is 16.6. The number of pyridine rings is 1. The van der Waals surface area contributed by atoms with E-state index in [2.05, 4.69) is 9.97 Å². The Morgan fingerprint density at radius 1 is 1.04 bits per heavy atom. The zero-order valence-corrected chi connectivity index (χ0v) is 12.6. The molecule has 0 amide bonds. The number of aromatic nitrogens is 2. The minimum atomic E-state index is -1.06. The van der Waals surface area contributed by atoms with E-state index in [-0.39, 0.29) is 5.69 Å². The molecular weight excluding hydrogens is 312 g/mol. The minimum Gasteiger partial charge on any atom is -0.477 e. The molecule has 0 radical (unpaired) electrons. The second-order valence-corrected chi connectivity index (χ2v) is 5.70. The smallest absolute Gasteiger partial charge is 0.354 e. The molecule has 2 aromatic heterocycles. The van der Waals surface area contributed by atoms with Crippen molar-refractivity contribution in [1.29, 1.82) is 0 Å². The van der Waals surface area contributed by atoms with Gasteiger partial charge in [0.2, 0.25) is 0 Å². The fraction of sp³-hybridized carbons (Fsp3) is 0. The number of carbonyl (C=O) groups is 1. The maximum Gasteiger partial charge on any atom is 0.354 e. The van der Waals surface area contributed by atoms with Gasteiger partial charge in [-0.05, 0) is 24.3 Å². The molecule has 2 N–H and O–H groups in total. The number of aromatic carboxylic acids is 1. The Morgan fingerprint density at radius 2 is 1.87 bits per heavy atom. The number of para-hydroxylation sites is 1. The van der Waals surface area contributed by atoms with E-state index >= 15 is 0 Å². The van der Waals surface area contributed by atoms with Crippen LogP contribution in [0.4, 0.5) is 0 Å². The maximum absolute atomic E-state index is 11.5. The molecule has 0 bridgehead atoms. The van der Waals surface area contributed by atoms with Crippen molar-refractivity contribution in [3.05, 3.63) is 65.3 Å². The second-order valence-electron chi connectivity index (χ2n) is 5.26. The highest BCUT2D eigenvalue weighted by Crippen LogP contribution is 2.33. The lowest BCUT2D eigenvalue weighted by Crippen LogP contribution is -2.01. The van der Waals surface area contributed by atoms with Gasteiger partial charge in [-0.1, -0.05) is 41.9 Å². The first-order valence-electron chi connectivity index (χ1n) is 7.04. The number of H-pyrrole nitrogens is 1. The zero-order chi connectivity index (χ0) is 16.0. The topological polar surface area (TPSA) is 66.0 Å². The Morgan fingerprint density at radius 3 is 2.65 bits per heavy atom. The van der Waals surface area contributed by atoms with Crippen LogP contribution in [0.2, 0.25) is 5.02 Å². The summed E-state index contributed by atoms with van der Waals surface area (Å²) in [5.41, 5.74) is 3.11. The van der Waals surface area contributed by atoms with Gasteiger partial charge in [0.15, 0.2) is 0 Å². The van der Waals surface area contributed by atoms with Crippen LogP contribution < -0.4 is 0 Å². The summed E-state index contributed by atoms with van der Waals surface area (Å²) < 4.78 is 0. The van der Waals surface area contributed by atoms with Crippen molar-refractivity contribution in [2.75, 3.05) is 0 Å². The van der Waals surface area contributed by atoms with Gasteiger partial charge in [-0.2, -0.15) is 0 Å². The van der Waals surface area contributed by atoms with Gasteiger partial charge in [-0.3, -0.25) is 0 Å². The number of benzene rings is 2. The molecule has 23 heavy (non-hydrogen) atoms. The second kappa shape index (κ2) is 5.11. The largest absolute Gasteiger partial charge is 0.477 e. The van der Waals surface area contributed by atoms with Crippen LogP contribution in [0.25, 0.3) is 33.1 Å². The van der Waals surface area contributed by atoms with Crippen molar-refractivity contribution in [2.24, 2.45) is 0 Å². The average Bonchev–Trinajstić information content (AvgIpc) is 2.92. The average molecular weight is 323 g/mol. The molecular formula is C18H11ClN2O2. The molecule has 4 aromatic rings. The highest BCUT2D eigenvalue weighted by Gasteiger charge is 2.16. The SMILES string of the molecule is O=C(O)c1cc2c([nH]c3ccccc32)c(-c2cccc(Cl)c2)n1. The molecule has 5 heteroatoms. The summed E-state index contributed by atoms with van der Waals surface area (Å²) in [5, 5.41) is 11.8. The number of nitrogens with one attached hydrogen (secondary N) is 1. The van der Waals surface area contributed by atoms with E-state index in [1.807, 2.05) is 36.4 Å². The molecule has 0 fully saturated rings. The first-order valence-corrected chi connectivity index (χ1v) is 7.42. The Hall–Kier alpha value is -2.85. The van der Waals surface area contributed by atoms with E-state index in [9.17, 15) is 9.90 Å². The highest BCUT2D eigenvalue weighted by atomic mass is 35.5. The summed E-state index contributed by atoms with van der Waals surface area (Å²) >= 11 is 6.07. The molecule has 0 unspecified atom stereocenters. The van der Waals surface area contributed by atoms with Crippen molar-refractivity contribution in [3.8, 4) is 11.3 Å². The molecule has 0 aliphatic carbocycles. The van der Waals surface area contributed by atoms with E-state index in [0.29, 0.717) is 10.7 Å². The minimum absolute atomic E-state index is 0.0113. The van der Waals surface area contributed by atoms with Crippen molar-refractivity contribution in [1.82, 2.24) is 9.97 Å². The van der Waals surface area contributed by atoms with Crippen LogP contribution in [-0.2, 0) is 0 Å². The van der Waals surface area contributed by atoms with Crippen LogP contribution in [0.15, 0.2) is 54.6 Å². The van der Waals surface area contributed by atoms with Crippen LogP contribution in [0.5, 0.6) is 0 Å². The van der Waals surface area contributed by atoms with Gasteiger partial charge in [0.25, 0.3) is 0 Å². The van der Waals surface area contributed by atoms with Crippen molar-refractivity contribution in [2.45, 2.75) is 0 Å². The lowest BCUT2D eigenvalue weighted by molar-refractivity contribution is 0.0691. The molecule has 0 atom stereocenters. The van der Waals surface area contributed by atoms with Gasteiger partial charge in [0.05, 0.1) is 11.2 Å². The van der Waals surface area contributed by atoms with Gasteiger partial charge >= 0.3 is 5.97 Å². The monoisotopic (exact) mass is 322 g/mol. The Labute approximate surface area is 136 Å². The molecule has 2 heterocycles. The fourth-order valence-electron chi connectivity index (χ4n) is 2.80. The summed E-state index contributed by atoms with van der Waals surface area (Å²) in [6.07, 6.45) is 0. The molecule has 112 valence electrons. The third-order valence-electron chi connectivity index (χ3n) is 3.81. The molecule has 0 aliphatic rings. The number of aromatic amines is 1. The summed E-state index contributed by atoms with van der Waals surface area (Å²) in [4.78, 5) is 19.1. The molecule has 0 aliphatic heterocycles. The van der Waals surface area contributed by atoms with Crippen LogP contribution in [-0.4, -0.2) is 21.0 Å². The number of carboxylic acid groups (broad SMARTS) is 1. The predicted molar refractivity (Wildman–Crippen MR) is 91.0 cm³/mol. The first-order chi connectivity index (χ1) is 11.1. The van der Waals surface area contributed by atoms with Gasteiger partial charge in [0, 0.05) is 26.9 Å².